The molecule has 0 saturated carbocycles. The van der Waals surface area contributed by atoms with Gasteiger partial charge in [-0.1, -0.05) is 71.1 Å². The molecule has 0 aromatic heterocycles. The first kappa shape index (κ1) is 16.0. The molecule has 0 aliphatic heterocycles. The van der Waals surface area contributed by atoms with Gasteiger partial charge in [0.2, 0.25) is 0 Å². The van der Waals surface area contributed by atoms with Crippen LogP contribution in [0.15, 0.2) is 0 Å². The first-order chi connectivity index (χ1) is 7.56. The quantitative estimate of drug-likeness (QED) is 0.415. The number of rotatable bonds is 11. The van der Waals surface area contributed by atoms with Gasteiger partial charge >= 0.3 is 0 Å². The Hall–Kier alpha value is -0.0400. The average Bonchev–Trinajstić information content (AvgIpc) is 2.19. The Kier molecular flexibility index (Phi) is 10.1. The van der Waals surface area contributed by atoms with Crippen LogP contribution < -0.4 is 0 Å². The molecular formula is C15H31O. The van der Waals surface area contributed by atoms with Crippen molar-refractivity contribution >= 4 is 0 Å². The molecule has 0 spiro atoms. The van der Waals surface area contributed by atoms with Crippen molar-refractivity contribution < 1.29 is 5.11 Å². The summed E-state index contributed by atoms with van der Waals surface area (Å²) in [5.41, 5.74) is -0.708. The zero-order valence-corrected chi connectivity index (χ0v) is 11.7. The molecule has 1 heteroatoms. The van der Waals surface area contributed by atoms with Gasteiger partial charge in [0.15, 0.2) is 0 Å². The summed E-state index contributed by atoms with van der Waals surface area (Å²) in [5, 5.41) is 11.3. The highest BCUT2D eigenvalue weighted by Gasteiger charge is 2.13. The van der Waals surface area contributed by atoms with Gasteiger partial charge in [-0.3, -0.25) is 0 Å². The van der Waals surface area contributed by atoms with Gasteiger partial charge in [0.05, 0.1) is 5.60 Å². The van der Waals surface area contributed by atoms with Crippen LogP contribution in [0.25, 0.3) is 0 Å². The monoisotopic (exact) mass is 227 g/mol. The Labute approximate surface area is 103 Å². The molecule has 97 valence electrons. The predicted octanol–water partition coefficient (Wildman–Crippen LogP) is 5.51. The van der Waals surface area contributed by atoms with Crippen molar-refractivity contribution in [3.8, 4) is 0 Å². The standard InChI is InChI=1S/C15H31O/c1-4-5-6-7-8-9-10-11-12-13-14-15(2,3)16/h4-14H2,1-3H3. The molecule has 0 aliphatic rings. The summed E-state index contributed by atoms with van der Waals surface area (Å²) in [6.07, 6.45) is 14.3. The van der Waals surface area contributed by atoms with Crippen LogP contribution in [0.4, 0.5) is 0 Å². The smallest absolute Gasteiger partial charge is 0.0980 e. The molecule has 0 N–H and O–H groups in total. The molecule has 0 atom stereocenters. The average molecular weight is 227 g/mol. The summed E-state index contributed by atoms with van der Waals surface area (Å²) < 4.78 is 0. The first-order valence-electron chi connectivity index (χ1n) is 7.26. The second-order valence-corrected chi connectivity index (χ2v) is 5.69. The van der Waals surface area contributed by atoms with E-state index in [1.807, 2.05) is 0 Å². The maximum absolute atomic E-state index is 11.3. The van der Waals surface area contributed by atoms with Crippen LogP contribution >= 0.6 is 0 Å². The van der Waals surface area contributed by atoms with E-state index in [2.05, 4.69) is 6.92 Å². The molecule has 1 nitrogen and oxygen atoms in total. The van der Waals surface area contributed by atoms with Crippen molar-refractivity contribution in [2.24, 2.45) is 0 Å². The molecule has 0 aliphatic carbocycles. The minimum absolute atomic E-state index is 0.708. The van der Waals surface area contributed by atoms with E-state index in [0.29, 0.717) is 0 Å². The fourth-order valence-corrected chi connectivity index (χ4v) is 2.04. The van der Waals surface area contributed by atoms with E-state index in [0.717, 1.165) is 12.8 Å². The highest BCUT2D eigenvalue weighted by Crippen LogP contribution is 2.16. The first-order valence-corrected chi connectivity index (χ1v) is 7.26. The second kappa shape index (κ2) is 10.1. The minimum Gasteiger partial charge on any atom is -0.230 e. The molecule has 0 amide bonds. The molecule has 0 rings (SSSR count). The van der Waals surface area contributed by atoms with Gasteiger partial charge in [0, 0.05) is 0 Å². The predicted molar refractivity (Wildman–Crippen MR) is 71.2 cm³/mol. The number of unbranched alkanes of at least 4 members (excludes halogenated alkanes) is 9. The van der Waals surface area contributed by atoms with Crippen LogP contribution in [0.2, 0.25) is 0 Å². The van der Waals surface area contributed by atoms with Gasteiger partial charge < -0.3 is 0 Å². The van der Waals surface area contributed by atoms with Crippen LogP contribution in [0.3, 0.4) is 0 Å². The van der Waals surface area contributed by atoms with Crippen molar-refractivity contribution in [3.63, 3.8) is 0 Å². The molecule has 0 saturated heterocycles. The van der Waals surface area contributed by atoms with Gasteiger partial charge in [-0.05, 0) is 20.3 Å². The lowest BCUT2D eigenvalue weighted by Crippen LogP contribution is -2.15. The van der Waals surface area contributed by atoms with Gasteiger partial charge in [-0.25, -0.2) is 5.11 Å². The summed E-state index contributed by atoms with van der Waals surface area (Å²) in [5.74, 6) is 0. The van der Waals surface area contributed by atoms with E-state index < -0.39 is 5.60 Å². The van der Waals surface area contributed by atoms with Crippen LogP contribution in [0.1, 0.15) is 91.4 Å². The number of hydrogen-bond acceptors (Lipinski definition) is 0. The van der Waals surface area contributed by atoms with Crippen LogP contribution in [0.5, 0.6) is 0 Å². The summed E-state index contributed by atoms with van der Waals surface area (Å²) in [4.78, 5) is 0. The molecule has 16 heavy (non-hydrogen) atoms. The lowest BCUT2D eigenvalue weighted by Gasteiger charge is -2.13. The van der Waals surface area contributed by atoms with Crippen LogP contribution in [-0.4, -0.2) is 5.60 Å². The minimum atomic E-state index is -0.708. The summed E-state index contributed by atoms with van der Waals surface area (Å²) in [7, 11) is 0. The Morgan fingerprint density at radius 2 is 1.06 bits per heavy atom. The van der Waals surface area contributed by atoms with Gasteiger partial charge in [-0.15, -0.1) is 0 Å². The topological polar surface area (TPSA) is 19.9 Å². The molecule has 0 aromatic carbocycles. The van der Waals surface area contributed by atoms with Crippen LogP contribution in [0, 0.1) is 0 Å². The molecule has 1 radical (unpaired) electrons. The SMILES string of the molecule is CCCCCCCCCCCCC(C)(C)[O]. The van der Waals surface area contributed by atoms with Crippen molar-refractivity contribution in [3.05, 3.63) is 0 Å². The fourth-order valence-electron chi connectivity index (χ4n) is 2.04. The summed E-state index contributed by atoms with van der Waals surface area (Å²) in [6, 6.07) is 0. The summed E-state index contributed by atoms with van der Waals surface area (Å²) >= 11 is 0. The maximum atomic E-state index is 11.3. The molecule has 0 bridgehead atoms. The number of hydrogen-bond donors (Lipinski definition) is 0. The van der Waals surface area contributed by atoms with Gasteiger partial charge in [0.25, 0.3) is 0 Å². The van der Waals surface area contributed by atoms with Crippen molar-refractivity contribution in [2.45, 2.75) is 97.0 Å². The molecule has 0 fully saturated rings. The van der Waals surface area contributed by atoms with Crippen LogP contribution in [-0.2, 0) is 5.11 Å². The van der Waals surface area contributed by atoms with E-state index in [1.165, 1.54) is 57.8 Å². The Morgan fingerprint density at radius 1 is 0.688 bits per heavy atom. The van der Waals surface area contributed by atoms with E-state index in [-0.39, 0.29) is 0 Å². The Morgan fingerprint density at radius 3 is 1.44 bits per heavy atom. The van der Waals surface area contributed by atoms with E-state index in [9.17, 15) is 5.11 Å². The third-order valence-corrected chi connectivity index (χ3v) is 3.13. The molecule has 0 unspecified atom stereocenters. The zero-order valence-electron chi connectivity index (χ0n) is 11.7. The van der Waals surface area contributed by atoms with Crippen molar-refractivity contribution in [2.75, 3.05) is 0 Å². The highest BCUT2D eigenvalue weighted by molar-refractivity contribution is 4.63. The van der Waals surface area contributed by atoms with E-state index in [1.54, 1.807) is 13.8 Å². The third-order valence-electron chi connectivity index (χ3n) is 3.13. The Balaban J connectivity index is 2.99. The molecular weight excluding hydrogens is 196 g/mol. The lowest BCUT2D eigenvalue weighted by molar-refractivity contribution is -0.00511. The zero-order chi connectivity index (χ0) is 12.3. The van der Waals surface area contributed by atoms with Crippen molar-refractivity contribution in [1.29, 1.82) is 0 Å². The van der Waals surface area contributed by atoms with Crippen molar-refractivity contribution in [1.82, 2.24) is 0 Å². The fraction of sp³-hybridized carbons (Fsp3) is 1.00. The second-order valence-electron chi connectivity index (χ2n) is 5.69. The highest BCUT2D eigenvalue weighted by atomic mass is 16.3. The lowest BCUT2D eigenvalue weighted by atomic mass is 9.99. The normalized spacial score (nSPS) is 12.0. The maximum Gasteiger partial charge on any atom is 0.0980 e. The van der Waals surface area contributed by atoms with E-state index in [4.69, 9.17) is 0 Å². The van der Waals surface area contributed by atoms with Gasteiger partial charge in [0.1, 0.15) is 0 Å². The molecule has 0 heterocycles. The van der Waals surface area contributed by atoms with E-state index >= 15 is 0 Å². The molecule has 0 aromatic rings. The van der Waals surface area contributed by atoms with Gasteiger partial charge in [-0.2, -0.15) is 0 Å². The summed E-state index contributed by atoms with van der Waals surface area (Å²) in [6.45, 7) is 5.85. The largest absolute Gasteiger partial charge is 0.230 e. The third kappa shape index (κ3) is 14.0. The Bertz CT molecular complexity index is 135.